The Labute approximate surface area is 118 Å². The van der Waals surface area contributed by atoms with Gasteiger partial charge in [-0.05, 0) is 62.7 Å². The Morgan fingerprint density at radius 1 is 1.30 bits per heavy atom. The first-order valence-corrected chi connectivity index (χ1v) is 7.11. The van der Waals surface area contributed by atoms with Gasteiger partial charge >= 0.3 is 0 Å². The molecule has 0 fully saturated rings. The molecule has 1 nitrogen and oxygen atoms in total. The molecule has 108 valence electrons. The van der Waals surface area contributed by atoms with Gasteiger partial charge in [-0.2, -0.15) is 4.39 Å². The van der Waals surface area contributed by atoms with E-state index < -0.39 is 17.4 Å². The van der Waals surface area contributed by atoms with Crippen molar-refractivity contribution in [2.75, 3.05) is 0 Å². The van der Waals surface area contributed by atoms with Crippen LogP contribution >= 0.6 is 0 Å². The van der Waals surface area contributed by atoms with Crippen LogP contribution in [0.2, 0.25) is 0 Å². The summed E-state index contributed by atoms with van der Waals surface area (Å²) in [4.78, 5) is 0. The van der Waals surface area contributed by atoms with Gasteiger partial charge < -0.3 is 5.11 Å². The van der Waals surface area contributed by atoms with Crippen molar-refractivity contribution in [2.45, 2.75) is 39.0 Å². The van der Waals surface area contributed by atoms with Crippen LogP contribution in [0.3, 0.4) is 0 Å². The van der Waals surface area contributed by atoms with Gasteiger partial charge in [-0.3, -0.25) is 0 Å². The van der Waals surface area contributed by atoms with Gasteiger partial charge in [0.1, 0.15) is 0 Å². The summed E-state index contributed by atoms with van der Waals surface area (Å²) in [5, 5.41) is 9.14. The van der Waals surface area contributed by atoms with Crippen molar-refractivity contribution in [2.24, 2.45) is 5.92 Å². The van der Waals surface area contributed by atoms with E-state index in [1.165, 1.54) is 12.1 Å². The highest BCUT2D eigenvalue weighted by molar-refractivity contribution is 5.67. The van der Waals surface area contributed by atoms with Crippen LogP contribution in [0, 0.1) is 17.6 Å². The van der Waals surface area contributed by atoms with Crippen molar-refractivity contribution in [3.63, 3.8) is 0 Å². The van der Waals surface area contributed by atoms with Gasteiger partial charge in [0, 0.05) is 5.56 Å². The van der Waals surface area contributed by atoms with E-state index in [0.29, 0.717) is 5.92 Å². The van der Waals surface area contributed by atoms with E-state index in [0.717, 1.165) is 37.7 Å². The first kappa shape index (κ1) is 14.8. The Kier molecular flexibility index (Phi) is 4.94. The molecule has 2 rings (SSSR count). The summed E-state index contributed by atoms with van der Waals surface area (Å²) in [5.41, 5.74) is 1.14. The quantitative estimate of drug-likeness (QED) is 0.749. The molecule has 1 aromatic rings. The van der Waals surface area contributed by atoms with E-state index in [9.17, 15) is 8.78 Å². The Balaban J connectivity index is 2.07. The second-order valence-corrected chi connectivity index (χ2v) is 5.28. The highest BCUT2D eigenvalue weighted by Crippen LogP contribution is 2.35. The molecule has 1 aliphatic rings. The molecule has 0 radical (unpaired) electrons. The number of phenolic OH excluding ortho intramolecular Hbond substituents is 1. The Morgan fingerprint density at radius 3 is 2.75 bits per heavy atom. The maximum Gasteiger partial charge on any atom is 0.200 e. The molecule has 1 aliphatic carbocycles. The van der Waals surface area contributed by atoms with Crippen LogP contribution in [-0.4, -0.2) is 5.11 Å². The summed E-state index contributed by atoms with van der Waals surface area (Å²) in [6, 6.07) is 2.67. The van der Waals surface area contributed by atoms with Gasteiger partial charge in [0.15, 0.2) is 11.6 Å². The molecule has 1 aromatic carbocycles. The predicted octanol–water partition coefficient (Wildman–Crippen LogP) is 5.21. The zero-order chi connectivity index (χ0) is 14.5. The van der Waals surface area contributed by atoms with Crippen LogP contribution in [0.1, 0.15) is 44.6 Å². The number of halogens is 2. The van der Waals surface area contributed by atoms with Crippen LogP contribution < -0.4 is 0 Å². The maximum atomic E-state index is 13.8. The standard InChI is InChI=1S/C17H20F2O/c1-2-3-4-5-12-6-8-13(9-7-12)14-10-11-15(20)17(19)16(14)18/h2-3,8,10-12,20H,4-7,9H2,1H3/b3-2+. The summed E-state index contributed by atoms with van der Waals surface area (Å²) in [7, 11) is 0. The normalized spacial score (nSPS) is 19.4. The summed E-state index contributed by atoms with van der Waals surface area (Å²) in [6.45, 7) is 2.01. The SMILES string of the molecule is C/C=C/CCC1CC=C(c2ccc(O)c(F)c2F)CC1. The molecular formula is C17H20F2O. The Morgan fingerprint density at radius 2 is 2.10 bits per heavy atom. The number of allylic oxidation sites excluding steroid dienone is 4. The summed E-state index contributed by atoms with van der Waals surface area (Å²) < 4.78 is 27.2. The van der Waals surface area contributed by atoms with Crippen LogP contribution in [0.4, 0.5) is 8.78 Å². The second-order valence-electron chi connectivity index (χ2n) is 5.28. The molecule has 0 amide bonds. The number of hydrogen-bond donors (Lipinski definition) is 1. The van der Waals surface area contributed by atoms with E-state index in [1.807, 2.05) is 13.0 Å². The van der Waals surface area contributed by atoms with E-state index >= 15 is 0 Å². The molecule has 0 saturated heterocycles. The van der Waals surface area contributed by atoms with Crippen LogP contribution in [0.15, 0.2) is 30.4 Å². The van der Waals surface area contributed by atoms with Gasteiger partial charge in [-0.25, -0.2) is 4.39 Å². The summed E-state index contributed by atoms with van der Waals surface area (Å²) >= 11 is 0. The monoisotopic (exact) mass is 278 g/mol. The lowest BCUT2D eigenvalue weighted by Crippen LogP contribution is -2.06. The fraction of sp³-hybridized carbons (Fsp3) is 0.412. The lowest BCUT2D eigenvalue weighted by molar-refractivity contribution is 0.405. The molecule has 0 saturated carbocycles. The fourth-order valence-corrected chi connectivity index (χ4v) is 2.68. The molecule has 0 bridgehead atoms. The highest BCUT2D eigenvalue weighted by Gasteiger charge is 2.20. The third-order valence-corrected chi connectivity index (χ3v) is 3.90. The van der Waals surface area contributed by atoms with Crippen LogP contribution in [0.25, 0.3) is 5.57 Å². The average molecular weight is 278 g/mol. The number of phenols is 1. The minimum atomic E-state index is -1.15. The van der Waals surface area contributed by atoms with E-state index in [1.54, 1.807) is 0 Å². The largest absolute Gasteiger partial charge is 0.505 e. The molecule has 1 atom stereocenters. The van der Waals surface area contributed by atoms with Gasteiger partial charge in [-0.1, -0.05) is 18.2 Å². The summed E-state index contributed by atoms with van der Waals surface area (Å²) in [6.07, 6.45) is 11.1. The Bertz CT molecular complexity index is 532. The topological polar surface area (TPSA) is 20.2 Å². The lowest BCUT2D eigenvalue weighted by atomic mass is 9.84. The zero-order valence-corrected chi connectivity index (χ0v) is 11.7. The highest BCUT2D eigenvalue weighted by atomic mass is 19.2. The third-order valence-electron chi connectivity index (χ3n) is 3.90. The van der Waals surface area contributed by atoms with Crippen molar-refractivity contribution in [3.8, 4) is 5.75 Å². The van der Waals surface area contributed by atoms with Crippen molar-refractivity contribution in [1.82, 2.24) is 0 Å². The molecule has 0 heterocycles. The van der Waals surface area contributed by atoms with Crippen molar-refractivity contribution >= 4 is 5.57 Å². The van der Waals surface area contributed by atoms with Crippen molar-refractivity contribution in [3.05, 3.63) is 47.6 Å². The molecule has 20 heavy (non-hydrogen) atoms. The lowest BCUT2D eigenvalue weighted by Gasteiger charge is -2.22. The van der Waals surface area contributed by atoms with Gasteiger partial charge in [0.05, 0.1) is 0 Å². The molecular weight excluding hydrogens is 258 g/mol. The van der Waals surface area contributed by atoms with E-state index in [2.05, 4.69) is 12.2 Å². The molecule has 1 N–H and O–H groups in total. The zero-order valence-electron chi connectivity index (χ0n) is 11.7. The summed E-state index contributed by atoms with van der Waals surface area (Å²) in [5.74, 6) is -2.10. The molecule has 0 spiro atoms. The second kappa shape index (κ2) is 6.69. The number of aromatic hydroxyl groups is 1. The Hall–Kier alpha value is -1.64. The van der Waals surface area contributed by atoms with E-state index in [4.69, 9.17) is 5.11 Å². The molecule has 3 heteroatoms. The smallest absolute Gasteiger partial charge is 0.200 e. The minimum absolute atomic E-state index is 0.284. The third kappa shape index (κ3) is 3.27. The first-order valence-electron chi connectivity index (χ1n) is 7.11. The fourth-order valence-electron chi connectivity index (χ4n) is 2.68. The van der Waals surface area contributed by atoms with Crippen LogP contribution in [-0.2, 0) is 0 Å². The predicted molar refractivity (Wildman–Crippen MR) is 77.4 cm³/mol. The molecule has 0 aromatic heterocycles. The number of benzene rings is 1. The number of hydrogen-bond acceptors (Lipinski definition) is 1. The van der Waals surface area contributed by atoms with Crippen molar-refractivity contribution < 1.29 is 13.9 Å². The average Bonchev–Trinajstić information content (AvgIpc) is 2.46. The van der Waals surface area contributed by atoms with Crippen LogP contribution in [0.5, 0.6) is 5.75 Å². The molecule has 0 aliphatic heterocycles. The van der Waals surface area contributed by atoms with Gasteiger partial charge in [-0.15, -0.1) is 0 Å². The van der Waals surface area contributed by atoms with Gasteiger partial charge in [0.2, 0.25) is 5.82 Å². The van der Waals surface area contributed by atoms with Gasteiger partial charge in [0.25, 0.3) is 0 Å². The van der Waals surface area contributed by atoms with E-state index in [-0.39, 0.29) is 5.56 Å². The number of rotatable bonds is 4. The molecule has 1 unspecified atom stereocenters. The first-order chi connectivity index (χ1) is 9.63. The minimum Gasteiger partial charge on any atom is -0.505 e. The maximum absolute atomic E-state index is 13.8. The van der Waals surface area contributed by atoms with Crippen molar-refractivity contribution in [1.29, 1.82) is 0 Å².